The van der Waals surface area contributed by atoms with Gasteiger partial charge in [0.1, 0.15) is 5.82 Å². The van der Waals surface area contributed by atoms with Gasteiger partial charge in [0, 0.05) is 55.4 Å². The molecule has 0 radical (unpaired) electrons. The maximum Gasteiger partial charge on any atom is 0.111 e. The summed E-state index contributed by atoms with van der Waals surface area (Å²) in [4.78, 5) is 13.5. The van der Waals surface area contributed by atoms with E-state index in [4.69, 9.17) is 21.7 Å². The minimum absolute atomic E-state index is 0.505. The van der Waals surface area contributed by atoms with Crippen LogP contribution in [0.15, 0.2) is 54.7 Å². The zero-order valence-corrected chi connectivity index (χ0v) is 21.8. The van der Waals surface area contributed by atoms with Crippen molar-refractivity contribution < 1.29 is 0 Å². The number of nitrogens with one attached hydrogen (secondary N) is 1. The fourth-order valence-corrected chi connectivity index (χ4v) is 6.16. The second kappa shape index (κ2) is 10.4. The molecule has 2 aliphatic rings. The number of aromatic nitrogens is 4. The maximum atomic E-state index is 6.35. The number of imidazole rings is 1. The van der Waals surface area contributed by atoms with Crippen LogP contribution >= 0.6 is 11.6 Å². The van der Waals surface area contributed by atoms with Gasteiger partial charge < -0.3 is 9.88 Å². The summed E-state index contributed by atoms with van der Waals surface area (Å²) in [5.41, 5.74) is 5.23. The van der Waals surface area contributed by atoms with Crippen LogP contribution in [0.1, 0.15) is 50.0 Å². The van der Waals surface area contributed by atoms with Gasteiger partial charge in [0.2, 0.25) is 0 Å². The highest BCUT2D eigenvalue weighted by atomic mass is 35.5. The second-order valence-corrected chi connectivity index (χ2v) is 10.7. The van der Waals surface area contributed by atoms with Crippen molar-refractivity contribution in [3.8, 4) is 11.3 Å². The minimum Gasteiger partial charge on any atom is -0.342 e. The zero-order chi connectivity index (χ0) is 24.5. The molecule has 2 aromatic carbocycles. The summed E-state index contributed by atoms with van der Waals surface area (Å²) in [5.74, 6) is 0.925. The van der Waals surface area contributed by atoms with Gasteiger partial charge in [-0.25, -0.2) is 4.98 Å². The molecule has 0 bridgehead atoms. The van der Waals surface area contributed by atoms with Crippen LogP contribution in [0.3, 0.4) is 0 Å². The Balaban J connectivity index is 1.10. The van der Waals surface area contributed by atoms with Gasteiger partial charge in [-0.05, 0) is 62.1 Å². The molecule has 3 heterocycles. The molecule has 1 aliphatic carbocycles. The topological polar surface area (TPSA) is 53.0 Å². The summed E-state index contributed by atoms with van der Waals surface area (Å²) in [7, 11) is 0. The van der Waals surface area contributed by atoms with Crippen LogP contribution in [0.25, 0.3) is 22.3 Å². The number of rotatable bonds is 6. The van der Waals surface area contributed by atoms with Gasteiger partial charge in [-0.2, -0.15) is 5.10 Å². The average molecular weight is 503 g/mol. The SMILES string of the molecule is CCN1CCN(C2CCC(n3ccc(-c4ccc5nc(Cc6ccccc6Cl)[nH]c5c4)n3)CC2)CC1. The molecule has 1 saturated heterocycles. The van der Waals surface area contributed by atoms with Crippen LogP contribution in [-0.2, 0) is 6.42 Å². The minimum atomic E-state index is 0.505. The number of H-pyrrole nitrogens is 1. The van der Waals surface area contributed by atoms with E-state index in [1.54, 1.807) is 0 Å². The highest BCUT2D eigenvalue weighted by Crippen LogP contribution is 2.32. The lowest BCUT2D eigenvalue weighted by Crippen LogP contribution is -2.51. The molecule has 0 unspecified atom stereocenters. The number of aromatic amines is 1. The molecule has 0 spiro atoms. The number of halogens is 1. The highest BCUT2D eigenvalue weighted by molar-refractivity contribution is 6.31. The second-order valence-electron chi connectivity index (χ2n) is 10.3. The lowest BCUT2D eigenvalue weighted by atomic mass is 9.90. The Labute approximate surface area is 218 Å². The predicted octanol–water partition coefficient (Wildman–Crippen LogP) is 5.79. The van der Waals surface area contributed by atoms with Gasteiger partial charge >= 0.3 is 0 Å². The van der Waals surface area contributed by atoms with Crippen molar-refractivity contribution in [3.63, 3.8) is 0 Å². The molecule has 2 aromatic heterocycles. The molecular formula is C29H35ClN6. The first-order chi connectivity index (χ1) is 17.7. The highest BCUT2D eigenvalue weighted by Gasteiger charge is 2.29. The fourth-order valence-electron chi connectivity index (χ4n) is 5.96. The lowest BCUT2D eigenvalue weighted by molar-refractivity contribution is 0.0728. The van der Waals surface area contributed by atoms with E-state index >= 15 is 0 Å². The van der Waals surface area contributed by atoms with Gasteiger partial charge in [-0.3, -0.25) is 9.58 Å². The van der Waals surface area contributed by atoms with Crippen molar-refractivity contribution in [3.05, 3.63) is 71.1 Å². The fraction of sp³-hybridized carbons (Fsp3) is 0.448. The van der Waals surface area contributed by atoms with Gasteiger partial charge in [-0.15, -0.1) is 0 Å². The summed E-state index contributed by atoms with van der Waals surface area (Å²) in [5, 5.41) is 5.78. The van der Waals surface area contributed by atoms with Crippen LogP contribution in [0.4, 0.5) is 0 Å². The largest absolute Gasteiger partial charge is 0.342 e. The molecule has 36 heavy (non-hydrogen) atoms. The Morgan fingerprint density at radius 1 is 0.944 bits per heavy atom. The third-order valence-electron chi connectivity index (χ3n) is 8.16. The smallest absolute Gasteiger partial charge is 0.111 e. The standard InChI is InChI=1S/C29H35ClN6/c1-2-34-15-17-35(18-16-34)23-8-10-24(11-9-23)36-14-13-26(33-36)22-7-12-27-28(19-22)32-29(31-27)20-21-5-3-4-6-25(21)30/h3-7,12-14,19,23-24H,2,8-11,15-18,20H2,1H3,(H,31,32). The van der Waals surface area contributed by atoms with E-state index in [9.17, 15) is 0 Å². The molecular weight excluding hydrogens is 468 g/mol. The molecule has 1 saturated carbocycles. The number of fused-ring (bicyclic) bond motifs is 1. The lowest BCUT2D eigenvalue weighted by Gasteiger charge is -2.41. The van der Waals surface area contributed by atoms with Crippen molar-refractivity contribution in [1.29, 1.82) is 0 Å². The maximum absolute atomic E-state index is 6.35. The number of nitrogens with zero attached hydrogens (tertiary/aromatic N) is 5. The van der Waals surface area contributed by atoms with Crippen molar-refractivity contribution in [1.82, 2.24) is 29.5 Å². The Kier molecular flexibility index (Phi) is 6.83. The number of hydrogen-bond acceptors (Lipinski definition) is 4. The molecule has 2 fully saturated rings. The quantitative estimate of drug-likeness (QED) is 0.362. The van der Waals surface area contributed by atoms with E-state index < -0.39 is 0 Å². The Morgan fingerprint density at radius 2 is 1.72 bits per heavy atom. The molecule has 0 atom stereocenters. The molecule has 0 amide bonds. The van der Waals surface area contributed by atoms with Gasteiger partial charge in [0.15, 0.2) is 0 Å². The molecule has 6 rings (SSSR count). The summed E-state index contributed by atoms with van der Waals surface area (Å²) in [6.45, 7) is 8.35. The van der Waals surface area contributed by atoms with Gasteiger partial charge in [0.05, 0.1) is 22.8 Å². The van der Waals surface area contributed by atoms with Crippen LogP contribution in [0.2, 0.25) is 5.02 Å². The normalized spacial score (nSPS) is 21.8. The Morgan fingerprint density at radius 3 is 2.50 bits per heavy atom. The molecule has 4 aromatic rings. The zero-order valence-electron chi connectivity index (χ0n) is 21.0. The Bertz CT molecular complexity index is 1310. The van der Waals surface area contributed by atoms with E-state index in [1.165, 1.54) is 58.4 Å². The van der Waals surface area contributed by atoms with Crippen molar-refractivity contribution in [2.45, 2.75) is 51.1 Å². The predicted molar refractivity (Wildman–Crippen MR) is 147 cm³/mol. The third kappa shape index (κ3) is 4.95. The number of piperazine rings is 1. The molecule has 1 aliphatic heterocycles. The molecule has 6 nitrogen and oxygen atoms in total. The Hall–Kier alpha value is -2.67. The summed E-state index contributed by atoms with van der Waals surface area (Å²) >= 11 is 6.35. The first-order valence-electron chi connectivity index (χ1n) is 13.4. The average Bonchev–Trinajstić information content (AvgIpc) is 3.57. The van der Waals surface area contributed by atoms with E-state index in [0.29, 0.717) is 12.5 Å². The molecule has 7 heteroatoms. The summed E-state index contributed by atoms with van der Waals surface area (Å²) < 4.78 is 2.21. The van der Waals surface area contributed by atoms with Crippen LogP contribution in [0.5, 0.6) is 0 Å². The first-order valence-corrected chi connectivity index (χ1v) is 13.8. The van der Waals surface area contributed by atoms with Crippen molar-refractivity contribution in [2.24, 2.45) is 0 Å². The van der Waals surface area contributed by atoms with Crippen LogP contribution < -0.4 is 0 Å². The molecule has 188 valence electrons. The van der Waals surface area contributed by atoms with E-state index in [0.717, 1.165) is 44.7 Å². The van der Waals surface area contributed by atoms with Crippen molar-refractivity contribution >= 4 is 22.6 Å². The molecule has 1 N–H and O–H groups in total. The number of benzene rings is 2. The monoisotopic (exact) mass is 502 g/mol. The van der Waals surface area contributed by atoms with Crippen LogP contribution in [0, 0.1) is 0 Å². The van der Waals surface area contributed by atoms with E-state index in [2.05, 4.69) is 56.9 Å². The number of likely N-dealkylation sites (N-methyl/N-ethyl adjacent to an activating group) is 1. The van der Waals surface area contributed by atoms with Crippen molar-refractivity contribution in [2.75, 3.05) is 32.7 Å². The first kappa shape index (κ1) is 23.7. The van der Waals surface area contributed by atoms with Gasteiger partial charge in [-0.1, -0.05) is 42.8 Å². The van der Waals surface area contributed by atoms with Crippen LogP contribution in [-0.4, -0.2) is 68.3 Å². The van der Waals surface area contributed by atoms with E-state index in [-0.39, 0.29) is 0 Å². The van der Waals surface area contributed by atoms with Gasteiger partial charge in [0.25, 0.3) is 0 Å². The third-order valence-corrected chi connectivity index (χ3v) is 8.53. The number of hydrogen-bond donors (Lipinski definition) is 1. The summed E-state index contributed by atoms with van der Waals surface area (Å²) in [6, 6.07) is 17.7. The summed E-state index contributed by atoms with van der Waals surface area (Å²) in [6.07, 6.45) is 7.84. The van der Waals surface area contributed by atoms with E-state index in [1.807, 2.05) is 24.3 Å².